The monoisotopic (exact) mass is 340 g/mol. The number of hydrazine groups is 1. The maximum atomic E-state index is 12.0. The Morgan fingerprint density at radius 2 is 2.05 bits per heavy atom. The van der Waals surface area contributed by atoms with Crippen LogP contribution in [0.5, 0.6) is 0 Å². The molecule has 0 aliphatic carbocycles. The normalized spacial score (nSPS) is 11.2. The maximum absolute atomic E-state index is 12.0. The lowest BCUT2D eigenvalue weighted by Crippen LogP contribution is -2.44. The van der Waals surface area contributed by atoms with E-state index < -0.39 is 15.9 Å². The van der Waals surface area contributed by atoms with Gasteiger partial charge in [-0.1, -0.05) is 6.07 Å². The molecule has 2 rings (SSSR count). The summed E-state index contributed by atoms with van der Waals surface area (Å²) in [4.78, 5) is 24.6. The topological polar surface area (TPSA) is 101 Å². The Hall–Kier alpha value is -2.10. The lowest BCUT2D eigenvalue weighted by atomic mass is 10.2. The summed E-state index contributed by atoms with van der Waals surface area (Å²) >= 11 is 1.33. The van der Waals surface area contributed by atoms with Gasteiger partial charge in [-0.3, -0.25) is 9.59 Å². The van der Waals surface area contributed by atoms with Gasteiger partial charge >= 0.3 is 0 Å². The molecule has 7 nitrogen and oxygen atoms in total. The average Bonchev–Trinajstić information content (AvgIpc) is 2.99. The zero-order chi connectivity index (χ0) is 16.3. The molecule has 0 spiro atoms. The van der Waals surface area contributed by atoms with Crippen LogP contribution in [0.15, 0.2) is 42.0 Å². The van der Waals surface area contributed by atoms with Crippen LogP contribution in [-0.4, -0.2) is 30.8 Å². The van der Waals surface area contributed by atoms with Crippen molar-refractivity contribution in [3.8, 4) is 0 Å². The first kappa shape index (κ1) is 16.3. The summed E-state index contributed by atoms with van der Waals surface area (Å²) in [6.45, 7) is 0.0467. The number of carbonyl (C=O) groups excluding carboxylic acids is 2. The van der Waals surface area contributed by atoms with Crippen molar-refractivity contribution in [2.45, 2.75) is 6.54 Å². The third-order valence-electron chi connectivity index (χ3n) is 2.78. The lowest BCUT2D eigenvalue weighted by Gasteiger charge is -2.12. The zero-order valence-electron chi connectivity index (χ0n) is 11.7. The highest BCUT2D eigenvalue weighted by atomic mass is 32.2. The molecule has 0 atom stereocenters. The molecule has 2 N–H and O–H groups in total. The summed E-state index contributed by atoms with van der Waals surface area (Å²) in [7, 11) is -3.83. The molecule has 0 bridgehead atoms. The fourth-order valence-corrected chi connectivity index (χ4v) is 2.77. The molecule has 2 aromatic rings. The number of aromatic nitrogens is 1. The number of amides is 1. The molecule has 0 aliphatic rings. The van der Waals surface area contributed by atoms with Crippen LogP contribution < -0.4 is 10.4 Å². The minimum atomic E-state index is -3.83. The Bertz CT molecular complexity index is 800. The summed E-state index contributed by atoms with van der Waals surface area (Å²) < 4.78 is 24.2. The van der Waals surface area contributed by atoms with E-state index in [0.29, 0.717) is 4.88 Å². The highest BCUT2D eigenvalue weighted by molar-refractivity contribution is 7.88. The van der Waals surface area contributed by atoms with E-state index in [1.54, 1.807) is 29.8 Å². The van der Waals surface area contributed by atoms with Gasteiger partial charge < -0.3 is 0 Å². The summed E-state index contributed by atoms with van der Waals surface area (Å²) in [5.74, 6) is 4.32. The molecule has 2 aromatic heterocycles. The van der Waals surface area contributed by atoms with E-state index in [1.807, 2.05) is 0 Å². The molecule has 0 radical (unpaired) electrons. The molecule has 0 saturated carbocycles. The van der Waals surface area contributed by atoms with Crippen LogP contribution in [0.2, 0.25) is 0 Å². The second-order valence-electron chi connectivity index (χ2n) is 4.53. The molecule has 0 fully saturated rings. The van der Waals surface area contributed by atoms with Crippen LogP contribution in [0.4, 0.5) is 0 Å². The Kier molecular flexibility index (Phi) is 4.69. The van der Waals surface area contributed by atoms with Crippen molar-refractivity contribution in [2.24, 2.45) is 5.84 Å². The summed E-state index contributed by atoms with van der Waals surface area (Å²) in [6, 6.07) is 6.47. The molecular formula is C13H14N3O4S2+. The van der Waals surface area contributed by atoms with Crippen molar-refractivity contribution in [3.63, 3.8) is 0 Å². The smallest absolute Gasteiger partial charge is 0.286 e. The number of Topliss-reactive ketones (excluding diaryl/α,β-unsaturated/α-hetero) is 1. The fraction of sp³-hybridized carbons (Fsp3) is 0.154. The van der Waals surface area contributed by atoms with Crippen molar-refractivity contribution in [1.29, 1.82) is 0 Å². The van der Waals surface area contributed by atoms with Gasteiger partial charge in [-0.15, -0.1) is 11.3 Å². The first-order valence-electron chi connectivity index (χ1n) is 6.14. The van der Waals surface area contributed by atoms with Gasteiger partial charge in [0.15, 0.2) is 12.4 Å². The number of carbonyl (C=O) groups is 2. The first-order valence-corrected chi connectivity index (χ1v) is 8.87. The van der Waals surface area contributed by atoms with Gasteiger partial charge in [0, 0.05) is 6.07 Å². The number of nitrogens with zero attached hydrogens (tertiary/aromatic N) is 2. The number of ketones is 1. The predicted molar refractivity (Wildman–Crippen MR) is 80.5 cm³/mol. The predicted octanol–water partition coefficient (Wildman–Crippen LogP) is 0.194. The minimum Gasteiger partial charge on any atom is -0.286 e. The van der Waals surface area contributed by atoms with E-state index in [0.717, 1.165) is 6.26 Å². The molecule has 9 heteroatoms. The van der Waals surface area contributed by atoms with Crippen molar-refractivity contribution >= 4 is 33.1 Å². The summed E-state index contributed by atoms with van der Waals surface area (Å²) in [5, 5.41) is 1.80. The minimum absolute atomic E-state index is 0.0467. The first-order chi connectivity index (χ1) is 10.3. The summed E-state index contributed by atoms with van der Waals surface area (Å²) in [6.07, 6.45) is 3.84. The van der Waals surface area contributed by atoms with Gasteiger partial charge in [-0.2, -0.15) is 8.98 Å². The van der Waals surface area contributed by atoms with Crippen LogP contribution in [0.3, 0.4) is 0 Å². The maximum Gasteiger partial charge on any atom is 0.287 e. The molecule has 0 unspecified atom stereocenters. The second-order valence-corrected chi connectivity index (χ2v) is 7.34. The highest BCUT2D eigenvalue weighted by Crippen LogP contribution is 2.09. The number of hydrogen-bond acceptors (Lipinski definition) is 6. The van der Waals surface area contributed by atoms with Crippen molar-refractivity contribution < 1.29 is 22.6 Å². The van der Waals surface area contributed by atoms with Gasteiger partial charge in [0.25, 0.3) is 5.91 Å². The molecule has 2 heterocycles. The zero-order valence-corrected chi connectivity index (χ0v) is 13.3. The van der Waals surface area contributed by atoms with E-state index in [9.17, 15) is 18.0 Å². The molecule has 116 valence electrons. The number of pyridine rings is 1. The fourth-order valence-electron chi connectivity index (χ4n) is 1.71. The molecule has 22 heavy (non-hydrogen) atoms. The van der Waals surface area contributed by atoms with Gasteiger partial charge in [-0.25, -0.2) is 14.3 Å². The molecule has 0 saturated heterocycles. The SMILES string of the molecule is CS(=O)(=O)N(N)C(=O)c1ccc[n+](CC(=O)c2cccs2)c1. The molecule has 0 aliphatic heterocycles. The van der Waals surface area contributed by atoms with Gasteiger partial charge in [-0.05, 0) is 17.5 Å². The van der Waals surface area contributed by atoms with Gasteiger partial charge in [0.1, 0.15) is 5.56 Å². The Balaban J connectivity index is 2.20. The van der Waals surface area contributed by atoms with E-state index >= 15 is 0 Å². The molecular weight excluding hydrogens is 326 g/mol. The third-order valence-corrected chi connectivity index (χ3v) is 4.58. The largest absolute Gasteiger partial charge is 0.287 e. The summed E-state index contributed by atoms with van der Waals surface area (Å²) in [5.41, 5.74) is 0.0782. The third kappa shape index (κ3) is 3.75. The van der Waals surface area contributed by atoms with Crippen molar-refractivity contribution in [3.05, 3.63) is 52.5 Å². The van der Waals surface area contributed by atoms with Crippen LogP contribution in [0, 0.1) is 0 Å². The second kappa shape index (κ2) is 6.34. The van der Waals surface area contributed by atoms with Crippen LogP contribution in [0.1, 0.15) is 20.0 Å². The standard InChI is InChI=1S/C13H14N3O4S2/c1-22(19,20)16(14)13(18)10-4-2-6-15(8-10)9-11(17)12-5-3-7-21-12/h2-8H,9,14H2,1H3/q+1. The Morgan fingerprint density at radius 1 is 1.32 bits per heavy atom. The molecule has 0 aromatic carbocycles. The number of hydrogen-bond donors (Lipinski definition) is 1. The van der Waals surface area contributed by atoms with E-state index in [-0.39, 0.29) is 22.3 Å². The van der Waals surface area contributed by atoms with Gasteiger partial charge in [0.2, 0.25) is 22.4 Å². The molecule has 1 amide bonds. The number of sulfonamides is 1. The number of thiophene rings is 1. The lowest BCUT2D eigenvalue weighted by molar-refractivity contribution is -0.683. The van der Waals surface area contributed by atoms with E-state index in [1.165, 1.54) is 28.2 Å². The van der Waals surface area contributed by atoms with Crippen LogP contribution in [-0.2, 0) is 16.6 Å². The average molecular weight is 340 g/mol. The Morgan fingerprint density at radius 3 is 2.64 bits per heavy atom. The number of rotatable bonds is 5. The van der Waals surface area contributed by atoms with Crippen molar-refractivity contribution in [2.75, 3.05) is 6.26 Å². The quantitative estimate of drug-likeness (QED) is 0.275. The van der Waals surface area contributed by atoms with Gasteiger partial charge in [0.05, 0.1) is 11.1 Å². The van der Waals surface area contributed by atoms with Crippen molar-refractivity contribution in [1.82, 2.24) is 4.41 Å². The van der Waals surface area contributed by atoms with Crippen LogP contribution in [0.25, 0.3) is 0 Å². The van der Waals surface area contributed by atoms with E-state index in [2.05, 4.69) is 0 Å². The highest BCUT2D eigenvalue weighted by Gasteiger charge is 2.23. The Labute approximate surface area is 131 Å². The number of nitrogens with two attached hydrogens (primary N) is 1. The van der Waals surface area contributed by atoms with Crippen LogP contribution >= 0.6 is 11.3 Å². The van der Waals surface area contributed by atoms with E-state index in [4.69, 9.17) is 5.84 Å².